The summed E-state index contributed by atoms with van der Waals surface area (Å²) in [5.41, 5.74) is 0. The van der Waals surface area contributed by atoms with Crippen molar-refractivity contribution < 1.29 is 17.6 Å². The predicted molar refractivity (Wildman–Crippen MR) is 31.9 cm³/mol. The highest BCUT2D eigenvalue weighted by Crippen LogP contribution is 2.34. The number of halogens is 4. The maximum absolute atomic E-state index is 12.0. The van der Waals surface area contributed by atoms with Gasteiger partial charge in [0.25, 0.3) is 0 Å². The van der Waals surface area contributed by atoms with Crippen LogP contribution in [0.4, 0.5) is 17.6 Å². The molecule has 1 rings (SSSR count). The second-order valence-corrected chi connectivity index (χ2v) is 2.72. The molecule has 0 aromatic rings. The van der Waals surface area contributed by atoms with Gasteiger partial charge in [-0.25, -0.2) is 0 Å². The van der Waals surface area contributed by atoms with Gasteiger partial charge in [0.05, 0.1) is 12.6 Å². The molecule has 11 heavy (non-hydrogen) atoms. The molecule has 0 spiro atoms. The van der Waals surface area contributed by atoms with E-state index in [0.29, 0.717) is 0 Å². The van der Waals surface area contributed by atoms with E-state index in [4.69, 9.17) is 0 Å². The third-order valence-electron chi connectivity index (χ3n) is 1.96. The van der Waals surface area contributed by atoms with Crippen LogP contribution >= 0.6 is 0 Å². The minimum atomic E-state index is -4.25. The number of alkyl halides is 4. The first kappa shape index (κ1) is 8.77. The molecule has 0 saturated carbocycles. The summed E-state index contributed by atoms with van der Waals surface area (Å²) in [6.07, 6.45) is -4.25. The molecule has 1 saturated heterocycles. The van der Waals surface area contributed by atoms with Gasteiger partial charge in [-0.05, 0) is 0 Å². The van der Waals surface area contributed by atoms with Crippen molar-refractivity contribution in [3.05, 3.63) is 0 Å². The first-order valence-corrected chi connectivity index (χ1v) is 3.39. The van der Waals surface area contributed by atoms with E-state index in [-0.39, 0.29) is 13.1 Å². The summed E-state index contributed by atoms with van der Waals surface area (Å²) in [6.45, 7) is -0.893. The van der Waals surface area contributed by atoms with Gasteiger partial charge in [-0.3, -0.25) is 4.39 Å². The highest BCUT2D eigenvalue weighted by Gasteiger charge is 2.46. The molecule has 2 atom stereocenters. The third kappa shape index (κ3) is 1.83. The second-order valence-electron chi connectivity index (χ2n) is 2.72. The lowest BCUT2D eigenvalue weighted by atomic mass is 9.97. The Morgan fingerprint density at radius 2 is 1.91 bits per heavy atom. The summed E-state index contributed by atoms with van der Waals surface area (Å²) in [4.78, 5) is 0. The minimum absolute atomic E-state index is 0.140. The standard InChI is InChI=1S/C6H9F4N/c7-1-4-2-11-3-5(4)6(8,9)10/h4-5,11H,1-3H2/t4-,5-/m0/s1. The Labute approximate surface area is 61.8 Å². The molecule has 0 amide bonds. The molecule has 0 radical (unpaired) electrons. The van der Waals surface area contributed by atoms with Crippen molar-refractivity contribution in [3.63, 3.8) is 0 Å². The molecule has 1 aliphatic rings. The van der Waals surface area contributed by atoms with Gasteiger partial charge in [0.2, 0.25) is 0 Å². The topological polar surface area (TPSA) is 12.0 Å². The number of rotatable bonds is 1. The van der Waals surface area contributed by atoms with Crippen LogP contribution in [-0.2, 0) is 0 Å². The monoisotopic (exact) mass is 171 g/mol. The highest BCUT2D eigenvalue weighted by atomic mass is 19.4. The zero-order chi connectivity index (χ0) is 8.48. The molecule has 0 bridgehead atoms. The fourth-order valence-electron chi connectivity index (χ4n) is 1.28. The SMILES string of the molecule is FC[C@H]1CNC[C@@H]1C(F)(F)F. The maximum atomic E-state index is 12.0. The summed E-state index contributed by atoms with van der Waals surface area (Å²) in [6, 6.07) is 0. The van der Waals surface area contributed by atoms with Crippen LogP contribution in [0, 0.1) is 11.8 Å². The third-order valence-corrected chi connectivity index (χ3v) is 1.96. The fourth-order valence-corrected chi connectivity index (χ4v) is 1.28. The van der Waals surface area contributed by atoms with E-state index in [1.165, 1.54) is 0 Å². The van der Waals surface area contributed by atoms with Crippen LogP contribution in [0.5, 0.6) is 0 Å². The van der Waals surface area contributed by atoms with E-state index in [9.17, 15) is 17.6 Å². The van der Waals surface area contributed by atoms with E-state index in [0.717, 1.165) is 0 Å². The van der Waals surface area contributed by atoms with E-state index in [2.05, 4.69) is 5.32 Å². The van der Waals surface area contributed by atoms with Crippen molar-refractivity contribution in [2.75, 3.05) is 19.8 Å². The lowest BCUT2D eigenvalue weighted by molar-refractivity contribution is -0.180. The quantitative estimate of drug-likeness (QED) is 0.587. The summed E-state index contributed by atoms with van der Waals surface area (Å²) in [5, 5.41) is 2.52. The summed E-state index contributed by atoms with van der Waals surface area (Å²) >= 11 is 0. The first-order chi connectivity index (χ1) is 5.05. The van der Waals surface area contributed by atoms with Crippen LogP contribution in [0.25, 0.3) is 0 Å². The number of hydrogen-bond donors (Lipinski definition) is 1. The second kappa shape index (κ2) is 2.97. The largest absolute Gasteiger partial charge is 0.393 e. The Morgan fingerprint density at radius 1 is 1.27 bits per heavy atom. The average Bonchev–Trinajstić information content (AvgIpc) is 2.31. The van der Waals surface area contributed by atoms with Crippen molar-refractivity contribution in [1.82, 2.24) is 5.32 Å². The Morgan fingerprint density at radius 3 is 2.27 bits per heavy atom. The molecule has 0 aliphatic carbocycles. The van der Waals surface area contributed by atoms with Crippen LogP contribution in [0.3, 0.4) is 0 Å². The normalized spacial score (nSPS) is 32.7. The van der Waals surface area contributed by atoms with Gasteiger partial charge in [-0.1, -0.05) is 0 Å². The first-order valence-electron chi connectivity index (χ1n) is 3.39. The van der Waals surface area contributed by atoms with Crippen molar-refractivity contribution >= 4 is 0 Å². The lowest BCUT2D eigenvalue weighted by Crippen LogP contribution is -2.30. The minimum Gasteiger partial charge on any atom is -0.316 e. The molecule has 66 valence electrons. The average molecular weight is 171 g/mol. The molecular formula is C6H9F4N. The summed E-state index contributed by atoms with van der Waals surface area (Å²) < 4.78 is 47.9. The van der Waals surface area contributed by atoms with E-state index in [1.807, 2.05) is 0 Å². The van der Waals surface area contributed by atoms with Crippen molar-refractivity contribution in [2.24, 2.45) is 11.8 Å². The predicted octanol–water partition coefficient (Wildman–Crippen LogP) is 1.35. The van der Waals surface area contributed by atoms with Crippen LogP contribution < -0.4 is 5.32 Å². The molecule has 1 aliphatic heterocycles. The smallest absolute Gasteiger partial charge is 0.316 e. The van der Waals surface area contributed by atoms with E-state index in [1.54, 1.807) is 0 Å². The van der Waals surface area contributed by atoms with Gasteiger partial charge in [-0.2, -0.15) is 13.2 Å². The maximum Gasteiger partial charge on any atom is 0.393 e. The van der Waals surface area contributed by atoms with Gasteiger partial charge >= 0.3 is 6.18 Å². The molecular weight excluding hydrogens is 162 g/mol. The van der Waals surface area contributed by atoms with E-state index < -0.39 is 24.7 Å². The lowest BCUT2D eigenvalue weighted by Gasteiger charge is -2.18. The van der Waals surface area contributed by atoms with Crippen LogP contribution in [0.1, 0.15) is 0 Å². The zero-order valence-corrected chi connectivity index (χ0v) is 5.79. The Balaban J connectivity index is 2.57. The van der Waals surface area contributed by atoms with Gasteiger partial charge < -0.3 is 5.32 Å². The van der Waals surface area contributed by atoms with Crippen molar-refractivity contribution in [1.29, 1.82) is 0 Å². The molecule has 1 fully saturated rings. The molecule has 1 N–H and O–H groups in total. The molecule has 1 heterocycles. The zero-order valence-electron chi connectivity index (χ0n) is 5.79. The highest BCUT2D eigenvalue weighted by molar-refractivity contribution is 4.85. The van der Waals surface area contributed by atoms with E-state index >= 15 is 0 Å². The van der Waals surface area contributed by atoms with Gasteiger partial charge in [0, 0.05) is 19.0 Å². The number of hydrogen-bond acceptors (Lipinski definition) is 1. The van der Waals surface area contributed by atoms with Crippen LogP contribution in [0.2, 0.25) is 0 Å². The van der Waals surface area contributed by atoms with Crippen molar-refractivity contribution in [3.8, 4) is 0 Å². The van der Waals surface area contributed by atoms with Crippen LogP contribution in [-0.4, -0.2) is 25.9 Å². The van der Waals surface area contributed by atoms with Crippen molar-refractivity contribution in [2.45, 2.75) is 6.18 Å². The molecule has 0 aromatic heterocycles. The van der Waals surface area contributed by atoms with Gasteiger partial charge in [-0.15, -0.1) is 0 Å². The molecule has 0 aromatic carbocycles. The Bertz CT molecular complexity index is 133. The summed E-state index contributed by atoms with van der Waals surface area (Å²) in [7, 11) is 0. The van der Waals surface area contributed by atoms with Gasteiger partial charge in [0.1, 0.15) is 0 Å². The fraction of sp³-hybridized carbons (Fsp3) is 1.00. The Hall–Kier alpha value is -0.320. The molecule has 5 heteroatoms. The molecule has 1 nitrogen and oxygen atoms in total. The Kier molecular flexibility index (Phi) is 2.37. The number of nitrogens with one attached hydrogen (secondary N) is 1. The molecule has 0 unspecified atom stereocenters. The summed E-state index contributed by atoms with van der Waals surface area (Å²) in [5.74, 6) is -2.37. The van der Waals surface area contributed by atoms with Gasteiger partial charge in [0.15, 0.2) is 0 Å². The van der Waals surface area contributed by atoms with Crippen LogP contribution in [0.15, 0.2) is 0 Å².